The Morgan fingerprint density at radius 2 is 2.18 bits per heavy atom. The van der Waals surface area contributed by atoms with Crippen LogP contribution in [0, 0.1) is 19.8 Å². The number of aliphatic carboxylic acids is 1. The van der Waals surface area contributed by atoms with Crippen LogP contribution in [0.1, 0.15) is 29.8 Å². The molecule has 1 saturated heterocycles. The number of rotatable bonds is 5. The minimum Gasteiger partial charge on any atom is -0.481 e. The molecule has 0 radical (unpaired) electrons. The molecule has 0 aromatic carbocycles. The van der Waals surface area contributed by atoms with Crippen LogP contribution in [0.2, 0.25) is 0 Å². The molecule has 0 bridgehead atoms. The summed E-state index contributed by atoms with van der Waals surface area (Å²) in [4.78, 5) is 25.0. The van der Waals surface area contributed by atoms with E-state index >= 15 is 0 Å². The molecule has 2 heterocycles. The first-order chi connectivity index (χ1) is 10.5. The summed E-state index contributed by atoms with van der Waals surface area (Å²) in [6.45, 7) is 6.46. The van der Waals surface area contributed by atoms with E-state index in [0.717, 1.165) is 17.0 Å². The van der Waals surface area contributed by atoms with Crippen molar-refractivity contribution in [2.75, 3.05) is 26.2 Å². The lowest BCUT2D eigenvalue weighted by Crippen LogP contribution is -2.36. The average molecular weight is 308 g/mol. The molecule has 7 nitrogen and oxygen atoms in total. The van der Waals surface area contributed by atoms with E-state index < -0.39 is 5.97 Å². The van der Waals surface area contributed by atoms with Crippen molar-refractivity contribution in [2.24, 2.45) is 5.92 Å². The Morgan fingerprint density at radius 1 is 1.41 bits per heavy atom. The van der Waals surface area contributed by atoms with Crippen molar-refractivity contribution in [3.05, 3.63) is 17.0 Å². The monoisotopic (exact) mass is 308 g/mol. The second-order valence-electron chi connectivity index (χ2n) is 5.93. The van der Waals surface area contributed by atoms with Crippen molar-refractivity contribution in [3.8, 4) is 0 Å². The number of aryl methyl sites for hydroxylation is 2. The van der Waals surface area contributed by atoms with Crippen molar-refractivity contribution >= 4 is 11.9 Å². The van der Waals surface area contributed by atoms with Gasteiger partial charge >= 0.3 is 5.97 Å². The van der Waals surface area contributed by atoms with Crippen molar-refractivity contribution in [2.45, 2.75) is 33.1 Å². The third-order valence-electron chi connectivity index (χ3n) is 4.22. The molecule has 0 saturated carbocycles. The van der Waals surface area contributed by atoms with Crippen LogP contribution in [-0.4, -0.2) is 58.3 Å². The first-order valence-corrected chi connectivity index (χ1v) is 7.68. The van der Waals surface area contributed by atoms with Gasteiger partial charge in [-0.3, -0.25) is 14.7 Å². The smallest absolute Gasteiger partial charge is 0.303 e. The number of aromatic amines is 1. The van der Waals surface area contributed by atoms with Crippen LogP contribution in [0.15, 0.2) is 0 Å². The fourth-order valence-corrected chi connectivity index (χ4v) is 2.76. The molecular formula is C15H24N4O3. The van der Waals surface area contributed by atoms with Crippen LogP contribution in [-0.2, 0) is 16.0 Å². The van der Waals surface area contributed by atoms with Gasteiger partial charge < -0.3 is 15.3 Å². The summed E-state index contributed by atoms with van der Waals surface area (Å²) < 4.78 is 0. The zero-order valence-corrected chi connectivity index (χ0v) is 13.2. The third-order valence-corrected chi connectivity index (χ3v) is 4.22. The maximum atomic E-state index is 12.4. The fourth-order valence-electron chi connectivity index (χ4n) is 2.76. The Bertz CT molecular complexity index is 541. The van der Waals surface area contributed by atoms with E-state index in [-0.39, 0.29) is 18.2 Å². The number of nitrogens with one attached hydrogen (secondary N) is 2. The Kier molecular flexibility index (Phi) is 5.54. The normalized spacial score (nSPS) is 19.0. The number of aromatic nitrogens is 2. The Labute approximate surface area is 130 Å². The molecule has 22 heavy (non-hydrogen) atoms. The Hall–Kier alpha value is -1.89. The van der Waals surface area contributed by atoms with Gasteiger partial charge in [0.05, 0.1) is 12.1 Å². The van der Waals surface area contributed by atoms with Crippen LogP contribution in [0.25, 0.3) is 0 Å². The molecule has 122 valence electrons. The predicted octanol–water partition coefficient (Wildman–Crippen LogP) is 0.482. The van der Waals surface area contributed by atoms with E-state index in [1.807, 2.05) is 13.8 Å². The molecule has 1 amide bonds. The summed E-state index contributed by atoms with van der Waals surface area (Å²) >= 11 is 0. The van der Waals surface area contributed by atoms with Gasteiger partial charge in [0, 0.05) is 44.7 Å². The van der Waals surface area contributed by atoms with Gasteiger partial charge in [-0.15, -0.1) is 0 Å². The predicted molar refractivity (Wildman–Crippen MR) is 81.6 cm³/mol. The first-order valence-electron chi connectivity index (χ1n) is 7.68. The molecule has 1 aliphatic heterocycles. The molecule has 0 spiro atoms. The van der Waals surface area contributed by atoms with Gasteiger partial charge in [-0.05, 0) is 25.3 Å². The Morgan fingerprint density at radius 3 is 2.82 bits per heavy atom. The van der Waals surface area contributed by atoms with Gasteiger partial charge in [0.2, 0.25) is 5.91 Å². The lowest BCUT2D eigenvalue weighted by molar-refractivity contribution is -0.139. The fraction of sp³-hybridized carbons (Fsp3) is 0.667. The van der Waals surface area contributed by atoms with Gasteiger partial charge in [0.1, 0.15) is 0 Å². The van der Waals surface area contributed by atoms with Gasteiger partial charge in [0.25, 0.3) is 0 Å². The van der Waals surface area contributed by atoms with E-state index in [0.29, 0.717) is 39.0 Å². The molecule has 1 atom stereocenters. The molecule has 1 fully saturated rings. The van der Waals surface area contributed by atoms with Gasteiger partial charge in [-0.2, -0.15) is 5.10 Å². The minimum absolute atomic E-state index is 0.0293. The van der Waals surface area contributed by atoms with Crippen molar-refractivity contribution < 1.29 is 14.7 Å². The van der Waals surface area contributed by atoms with Crippen LogP contribution in [0.4, 0.5) is 0 Å². The largest absolute Gasteiger partial charge is 0.481 e. The van der Waals surface area contributed by atoms with Crippen molar-refractivity contribution in [3.63, 3.8) is 0 Å². The number of carbonyl (C=O) groups excluding carboxylic acids is 1. The average Bonchev–Trinajstić information content (AvgIpc) is 2.67. The second-order valence-corrected chi connectivity index (χ2v) is 5.93. The van der Waals surface area contributed by atoms with Gasteiger partial charge in [-0.1, -0.05) is 0 Å². The molecule has 1 aromatic heterocycles. The van der Waals surface area contributed by atoms with Crippen LogP contribution < -0.4 is 5.32 Å². The van der Waals surface area contributed by atoms with Crippen LogP contribution in [0.3, 0.4) is 0 Å². The number of carboxylic acids is 1. The zero-order valence-electron chi connectivity index (χ0n) is 13.2. The quantitative estimate of drug-likeness (QED) is 0.735. The van der Waals surface area contributed by atoms with E-state index in [1.165, 1.54) is 0 Å². The highest BCUT2D eigenvalue weighted by Crippen LogP contribution is 2.13. The SMILES string of the molecule is Cc1[nH]nc(CCC(=O)N2CCNC[C@@H](CC(=O)O)C2)c1C. The number of hydrogen-bond donors (Lipinski definition) is 3. The molecule has 7 heteroatoms. The topological polar surface area (TPSA) is 98.3 Å². The number of carboxylic acid groups (broad SMARTS) is 1. The number of H-pyrrole nitrogens is 1. The summed E-state index contributed by atoms with van der Waals surface area (Å²) in [6, 6.07) is 0. The molecule has 2 rings (SSSR count). The van der Waals surface area contributed by atoms with E-state index in [2.05, 4.69) is 15.5 Å². The van der Waals surface area contributed by atoms with E-state index in [1.54, 1.807) is 4.90 Å². The highest BCUT2D eigenvalue weighted by atomic mass is 16.4. The highest BCUT2D eigenvalue weighted by molar-refractivity contribution is 5.76. The summed E-state index contributed by atoms with van der Waals surface area (Å²) in [5, 5.41) is 19.3. The molecule has 0 aliphatic carbocycles. The summed E-state index contributed by atoms with van der Waals surface area (Å²) in [7, 11) is 0. The number of nitrogens with zero attached hydrogens (tertiary/aromatic N) is 2. The number of hydrogen-bond acceptors (Lipinski definition) is 4. The third kappa shape index (κ3) is 4.30. The molecular weight excluding hydrogens is 284 g/mol. The maximum absolute atomic E-state index is 12.4. The zero-order chi connectivity index (χ0) is 16.1. The first kappa shape index (κ1) is 16.5. The number of amides is 1. The molecule has 1 aromatic rings. The van der Waals surface area contributed by atoms with Crippen molar-refractivity contribution in [1.29, 1.82) is 0 Å². The summed E-state index contributed by atoms with van der Waals surface area (Å²) in [5.41, 5.74) is 3.07. The number of carbonyl (C=O) groups is 2. The molecule has 1 aliphatic rings. The van der Waals surface area contributed by atoms with Gasteiger partial charge in [-0.25, -0.2) is 0 Å². The van der Waals surface area contributed by atoms with E-state index in [9.17, 15) is 9.59 Å². The summed E-state index contributed by atoms with van der Waals surface area (Å²) in [5.74, 6) is -0.777. The molecule has 0 unspecified atom stereocenters. The van der Waals surface area contributed by atoms with E-state index in [4.69, 9.17) is 5.11 Å². The second kappa shape index (κ2) is 7.40. The van der Waals surface area contributed by atoms with Crippen LogP contribution >= 0.6 is 0 Å². The highest BCUT2D eigenvalue weighted by Gasteiger charge is 2.23. The minimum atomic E-state index is -0.816. The van der Waals surface area contributed by atoms with Crippen LogP contribution in [0.5, 0.6) is 0 Å². The maximum Gasteiger partial charge on any atom is 0.303 e. The lowest BCUT2D eigenvalue weighted by atomic mass is 10.0. The lowest BCUT2D eigenvalue weighted by Gasteiger charge is -2.23. The van der Waals surface area contributed by atoms with Crippen molar-refractivity contribution in [1.82, 2.24) is 20.4 Å². The summed E-state index contributed by atoms with van der Waals surface area (Å²) in [6.07, 6.45) is 1.11. The Balaban J connectivity index is 1.90. The molecule has 3 N–H and O–H groups in total. The van der Waals surface area contributed by atoms with Gasteiger partial charge in [0.15, 0.2) is 0 Å². The standard InChI is InChI=1S/C15H24N4O3/c1-10-11(2)17-18-13(10)3-4-14(20)19-6-5-16-8-12(9-19)7-15(21)22/h12,16H,3-9H2,1-2H3,(H,17,18)(H,21,22)/t12-/m1/s1.